The Bertz CT molecular complexity index is 430. The van der Waals surface area contributed by atoms with Crippen LogP contribution in [0.25, 0.3) is 0 Å². The molecule has 0 aliphatic rings. The van der Waals surface area contributed by atoms with Crippen LogP contribution in [-0.2, 0) is 4.79 Å². The van der Waals surface area contributed by atoms with E-state index in [2.05, 4.69) is 5.32 Å². The van der Waals surface area contributed by atoms with Crippen molar-refractivity contribution in [1.29, 1.82) is 0 Å². The van der Waals surface area contributed by atoms with E-state index in [1.165, 1.54) is 18.3 Å². The van der Waals surface area contributed by atoms with E-state index in [0.717, 1.165) is 0 Å². The number of rotatable bonds is 5. The van der Waals surface area contributed by atoms with Gasteiger partial charge in [0.2, 0.25) is 0 Å². The second-order valence-electron chi connectivity index (χ2n) is 3.85. The Morgan fingerprint density at radius 3 is 2.71 bits per heavy atom. The lowest BCUT2D eigenvalue weighted by Crippen LogP contribution is -2.42. The number of halogens is 1. The van der Waals surface area contributed by atoms with Crippen LogP contribution in [-0.4, -0.2) is 34.2 Å². The van der Waals surface area contributed by atoms with E-state index in [9.17, 15) is 14.7 Å². The van der Waals surface area contributed by atoms with Crippen LogP contribution in [0.1, 0.15) is 23.0 Å². The minimum absolute atomic E-state index is 0.146. The summed E-state index contributed by atoms with van der Waals surface area (Å²) in [5.74, 6) is -1.55. The van der Waals surface area contributed by atoms with Gasteiger partial charge in [-0.05, 0) is 18.4 Å². The third kappa shape index (κ3) is 4.33. The minimum atomic E-state index is -1.48. The molecule has 1 aromatic heterocycles. The normalized spacial score (nSPS) is 14.1. The van der Waals surface area contributed by atoms with E-state index in [4.69, 9.17) is 16.7 Å². The third-order valence-electron chi connectivity index (χ3n) is 1.99. The lowest BCUT2D eigenvalue weighted by atomic mass is 10.0. The molecule has 17 heavy (non-hydrogen) atoms. The Morgan fingerprint density at radius 1 is 1.59 bits per heavy atom. The Hall–Kier alpha value is -1.11. The Kier molecular flexibility index (Phi) is 4.50. The molecule has 0 bridgehead atoms. The summed E-state index contributed by atoms with van der Waals surface area (Å²) >= 11 is 6.94. The quantitative estimate of drug-likeness (QED) is 0.758. The second kappa shape index (κ2) is 5.48. The first-order valence-electron chi connectivity index (χ1n) is 4.77. The van der Waals surface area contributed by atoms with Gasteiger partial charge in [-0.1, -0.05) is 11.6 Å². The first-order valence-corrected chi connectivity index (χ1v) is 6.03. The van der Waals surface area contributed by atoms with Gasteiger partial charge in [-0.3, -0.25) is 9.59 Å². The zero-order chi connectivity index (χ0) is 13.1. The molecule has 0 spiro atoms. The fraction of sp³-hybridized carbons (Fsp3) is 0.400. The van der Waals surface area contributed by atoms with Gasteiger partial charge in [-0.25, -0.2) is 0 Å². The molecule has 0 fully saturated rings. The van der Waals surface area contributed by atoms with Crippen LogP contribution in [0.2, 0.25) is 5.02 Å². The van der Waals surface area contributed by atoms with Crippen LogP contribution in [0, 0.1) is 0 Å². The number of carboxylic acids is 1. The summed E-state index contributed by atoms with van der Waals surface area (Å²) < 4.78 is 0. The summed E-state index contributed by atoms with van der Waals surface area (Å²) in [7, 11) is 0. The fourth-order valence-corrected chi connectivity index (χ4v) is 2.25. The smallest absolute Gasteiger partial charge is 0.306 e. The fourth-order valence-electron chi connectivity index (χ4n) is 1.20. The highest BCUT2D eigenvalue weighted by Crippen LogP contribution is 2.21. The minimum Gasteiger partial charge on any atom is -0.481 e. The predicted octanol–water partition coefficient (Wildman–Crippen LogP) is 1.36. The Morgan fingerprint density at radius 2 is 2.24 bits per heavy atom. The molecular formula is C10H12ClNO4S. The number of nitrogens with one attached hydrogen (secondary N) is 1. The van der Waals surface area contributed by atoms with E-state index >= 15 is 0 Å². The SMILES string of the molecule is CC(O)(CNC(=O)c1sccc1Cl)CC(=O)O. The molecule has 5 nitrogen and oxygen atoms in total. The van der Waals surface area contributed by atoms with Crippen molar-refractivity contribution in [3.05, 3.63) is 21.3 Å². The van der Waals surface area contributed by atoms with Crippen LogP contribution in [0.15, 0.2) is 11.4 Å². The molecule has 0 saturated carbocycles. The van der Waals surface area contributed by atoms with Crippen molar-refractivity contribution in [2.75, 3.05) is 6.54 Å². The molecular weight excluding hydrogens is 266 g/mol. The molecule has 1 atom stereocenters. The van der Waals surface area contributed by atoms with Crippen LogP contribution in [0.4, 0.5) is 0 Å². The molecule has 7 heteroatoms. The third-order valence-corrected chi connectivity index (χ3v) is 3.33. The predicted molar refractivity (Wildman–Crippen MR) is 64.5 cm³/mol. The topological polar surface area (TPSA) is 86.6 Å². The van der Waals surface area contributed by atoms with Gasteiger partial charge in [0.15, 0.2) is 0 Å². The number of hydrogen-bond acceptors (Lipinski definition) is 4. The van der Waals surface area contributed by atoms with Crippen LogP contribution >= 0.6 is 22.9 Å². The number of carboxylic acid groups (broad SMARTS) is 1. The molecule has 1 aromatic rings. The van der Waals surface area contributed by atoms with Crippen molar-refractivity contribution in [1.82, 2.24) is 5.32 Å². The molecule has 0 aromatic carbocycles. The van der Waals surface area contributed by atoms with Gasteiger partial charge >= 0.3 is 5.97 Å². The highest BCUT2D eigenvalue weighted by molar-refractivity contribution is 7.12. The monoisotopic (exact) mass is 277 g/mol. The number of aliphatic carboxylic acids is 1. The number of hydrogen-bond donors (Lipinski definition) is 3. The molecule has 1 heterocycles. The number of carbonyl (C=O) groups is 2. The Balaban J connectivity index is 2.54. The molecule has 0 aliphatic heterocycles. The maximum atomic E-state index is 11.6. The van der Waals surface area contributed by atoms with Gasteiger partial charge in [0.05, 0.1) is 17.0 Å². The van der Waals surface area contributed by atoms with Gasteiger partial charge in [0.1, 0.15) is 4.88 Å². The summed E-state index contributed by atoms with van der Waals surface area (Å²) in [5.41, 5.74) is -1.48. The van der Waals surface area contributed by atoms with Crippen molar-refractivity contribution >= 4 is 34.8 Å². The average molecular weight is 278 g/mol. The van der Waals surface area contributed by atoms with Crippen LogP contribution in [0.5, 0.6) is 0 Å². The molecule has 1 rings (SSSR count). The standard InChI is InChI=1S/C10H12ClNO4S/c1-10(16,4-7(13)14)5-12-9(15)8-6(11)2-3-17-8/h2-3,16H,4-5H2,1H3,(H,12,15)(H,13,14). The molecule has 94 valence electrons. The summed E-state index contributed by atoms with van der Waals surface area (Å²) in [6, 6.07) is 1.59. The van der Waals surface area contributed by atoms with E-state index in [1.807, 2.05) is 0 Å². The van der Waals surface area contributed by atoms with Crippen molar-refractivity contribution in [2.24, 2.45) is 0 Å². The number of carbonyl (C=O) groups excluding carboxylic acids is 1. The highest BCUT2D eigenvalue weighted by Gasteiger charge is 2.25. The summed E-state index contributed by atoms with van der Waals surface area (Å²) in [6.45, 7) is 1.20. The van der Waals surface area contributed by atoms with E-state index < -0.39 is 23.9 Å². The van der Waals surface area contributed by atoms with Gasteiger partial charge in [-0.15, -0.1) is 11.3 Å². The average Bonchev–Trinajstić information content (AvgIpc) is 2.59. The van der Waals surface area contributed by atoms with Crippen molar-refractivity contribution in [2.45, 2.75) is 18.9 Å². The van der Waals surface area contributed by atoms with Gasteiger partial charge in [0, 0.05) is 6.54 Å². The maximum Gasteiger partial charge on any atom is 0.306 e. The zero-order valence-corrected chi connectivity index (χ0v) is 10.6. The van der Waals surface area contributed by atoms with E-state index in [-0.39, 0.29) is 6.54 Å². The highest BCUT2D eigenvalue weighted by atomic mass is 35.5. The lowest BCUT2D eigenvalue weighted by molar-refractivity contribution is -0.141. The number of aliphatic hydroxyl groups is 1. The molecule has 0 saturated heterocycles. The van der Waals surface area contributed by atoms with Crippen molar-refractivity contribution in [3.8, 4) is 0 Å². The van der Waals surface area contributed by atoms with Gasteiger partial charge in [-0.2, -0.15) is 0 Å². The molecule has 0 radical (unpaired) electrons. The van der Waals surface area contributed by atoms with E-state index in [1.54, 1.807) is 11.4 Å². The first-order chi connectivity index (χ1) is 7.82. The van der Waals surface area contributed by atoms with Gasteiger partial charge < -0.3 is 15.5 Å². The summed E-state index contributed by atoms with van der Waals surface area (Å²) in [6.07, 6.45) is -0.439. The van der Waals surface area contributed by atoms with Crippen molar-refractivity contribution < 1.29 is 19.8 Å². The second-order valence-corrected chi connectivity index (χ2v) is 5.17. The maximum absolute atomic E-state index is 11.6. The first kappa shape index (κ1) is 14.0. The molecule has 3 N–H and O–H groups in total. The van der Waals surface area contributed by atoms with Gasteiger partial charge in [0.25, 0.3) is 5.91 Å². The Labute approximate surface area is 107 Å². The molecule has 1 amide bonds. The molecule has 1 unspecified atom stereocenters. The van der Waals surface area contributed by atoms with Crippen LogP contribution in [0.3, 0.4) is 0 Å². The number of amides is 1. The van der Waals surface area contributed by atoms with E-state index in [0.29, 0.717) is 9.90 Å². The zero-order valence-electron chi connectivity index (χ0n) is 9.07. The largest absolute Gasteiger partial charge is 0.481 e. The number of thiophene rings is 1. The summed E-state index contributed by atoms with van der Waals surface area (Å²) in [4.78, 5) is 22.4. The van der Waals surface area contributed by atoms with Crippen LogP contribution < -0.4 is 5.32 Å². The molecule has 0 aliphatic carbocycles. The van der Waals surface area contributed by atoms with Crippen molar-refractivity contribution in [3.63, 3.8) is 0 Å². The lowest BCUT2D eigenvalue weighted by Gasteiger charge is -2.21. The summed E-state index contributed by atoms with van der Waals surface area (Å²) in [5, 5.41) is 22.7.